The van der Waals surface area contributed by atoms with Crippen molar-refractivity contribution >= 4 is 5.69 Å². The maximum absolute atomic E-state index is 13.4. The van der Waals surface area contributed by atoms with E-state index < -0.39 is 0 Å². The zero-order chi connectivity index (χ0) is 10.8. The summed E-state index contributed by atoms with van der Waals surface area (Å²) in [7, 11) is 0. The Bertz CT molecular complexity index is 409. The second-order valence-corrected chi connectivity index (χ2v) is 4.16. The summed E-state index contributed by atoms with van der Waals surface area (Å²) in [6.07, 6.45) is 1.23. The average molecular weight is 204 g/mol. The van der Waals surface area contributed by atoms with Gasteiger partial charge in [-0.2, -0.15) is 5.26 Å². The molecule has 0 heterocycles. The minimum Gasteiger partial charge on any atom is -0.382 e. The third kappa shape index (κ3) is 2.27. The Morgan fingerprint density at radius 2 is 2.33 bits per heavy atom. The van der Waals surface area contributed by atoms with Gasteiger partial charge in [0.15, 0.2) is 0 Å². The fraction of sp³-hybridized carbons (Fsp3) is 0.417. The fourth-order valence-electron chi connectivity index (χ4n) is 1.65. The van der Waals surface area contributed by atoms with Crippen LogP contribution in [0.2, 0.25) is 0 Å². The monoisotopic (exact) mass is 204 g/mol. The zero-order valence-corrected chi connectivity index (χ0v) is 8.63. The minimum atomic E-state index is -0.345. The summed E-state index contributed by atoms with van der Waals surface area (Å²) in [6, 6.07) is 6.43. The van der Waals surface area contributed by atoms with Crippen LogP contribution in [0, 0.1) is 29.0 Å². The van der Waals surface area contributed by atoms with Crippen LogP contribution in [0.15, 0.2) is 18.2 Å². The van der Waals surface area contributed by atoms with Crippen molar-refractivity contribution < 1.29 is 4.39 Å². The number of nitriles is 1. The molecular weight excluding hydrogens is 191 g/mol. The van der Waals surface area contributed by atoms with E-state index >= 15 is 0 Å². The lowest BCUT2D eigenvalue weighted by Crippen LogP contribution is -2.06. The fourth-order valence-corrected chi connectivity index (χ4v) is 1.65. The zero-order valence-electron chi connectivity index (χ0n) is 8.63. The summed E-state index contributed by atoms with van der Waals surface area (Å²) in [5, 5.41) is 11.7. The molecule has 2 atom stereocenters. The first-order chi connectivity index (χ1) is 7.20. The van der Waals surface area contributed by atoms with Crippen LogP contribution in [-0.4, -0.2) is 6.54 Å². The second-order valence-electron chi connectivity index (χ2n) is 4.16. The number of anilines is 1. The van der Waals surface area contributed by atoms with Crippen LogP contribution in [0.4, 0.5) is 10.1 Å². The molecule has 15 heavy (non-hydrogen) atoms. The molecule has 0 spiro atoms. The summed E-state index contributed by atoms with van der Waals surface area (Å²) < 4.78 is 13.4. The van der Waals surface area contributed by atoms with Crippen molar-refractivity contribution in [1.29, 1.82) is 5.26 Å². The first-order valence-electron chi connectivity index (χ1n) is 5.14. The summed E-state index contributed by atoms with van der Waals surface area (Å²) in [5.74, 6) is 1.10. The van der Waals surface area contributed by atoms with Gasteiger partial charge in [0.25, 0.3) is 0 Å². The van der Waals surface area contributed by atoms with Crippen LogP contribution < -0.4 is 5.32 Å². The molecule has 3 heteroatoms. The molecule has 0 aliphatic heterocycles. The highest BCUT2D eigenvalue weighted by Crippen LogP contribution is 2.37. The van der Waals surface area contributed by atoms with Gasteiger partial charge < -0.3 is 5.32 Å². The molecule has 0 saturated heterocycles. The predicted molar refractivity (Wildman–Crippen MR) is 56.9 cm³/mol. The smallest absolute Gasteiger partial charge is 0.147 e. The van der Waals surface area contributed by atoms with Gasteiger partial charge in [0, 0.05) is 6.54 Å². The average Bonchev–Trinajstić information content (AvgIpc) is 2.93. The quantitative estimate of drug-likeness (QED) is 0.821. The highest BCUT2D eigenvalue weighted by Gasteiger charge is 2.31. The van der Waals surface area contributed by atoms with Crippen molar-refractivity contribution in [1.82, 2.24) is 0 Å². The molecule has 0 bridgehead atoms. The first kappa shape index (κ1) is 9.97. The Labute approximate surface area is 88.7 Å². The Hall–Kier alpha value is -1.56. The highest BCUT2D eigenvalue weighted by molar-refractivity contribution is 5.48. The van der Waals surface area contributed by atoms with Gasteiger partial charge in [0.1, 0.15) is 5.82 Å². The third-order valence-electron chi connectivity index (χ3n) is 2.93. The molecule has 2 rings (SSSR count). The number of nitrogens with zero attached hydrogens (tertiary/aromatic N) is 1. The Balaban J connectivity index is 1.99. The van der Waals surface area contributed by atoms with Gasteiger partial charge in [-0.05, 0) is 36.5 Å². The maximum atomic E-state index is 13.4. The van der Waals surface area contributed by atoms with Crippen molar-refractivity contribution in [2.75, 3.05) is 11.9 Å². The SMILES string of the molecule is CC1CC1CNc1ccc(C#N)cc1F. The van der Waals surface area contributed by atoms with Crippen LogP contribution in [-0.2, 0) is 0 Å². The van der Waals surface area contributed by atoms with Gasteiger partial charge in [-0.3, -0.25) is 0 Å². The molecule has 0 radical (unpaired) electrons. The third-order valence-corrected chi connectivity index (χ3v) is 2.93. The molecule has 1 fully saturated rings. The molecule has 78 valence electrons. The largest absolute Gasteiger partial charge is 0.382 e. The van der Waals surface area contributed by atoms with Gasteiger partial charge in [0.2, 0.25) is 0 Å². The summed E-state index contributed by atoms with van der Waals surface area (Å²) in [6.45, 7) is 3.02. The molecule has 2 nitrogen and oxygen atoms in total. The van der Waals surface area contributed by atoms with Crippen molar-refractivity contribution in [2.45, 2.75) is 13.3 Å². The van der Waals surface area contributed by atoms with E-state index in [1.165, 1.54) is 12.5 Å². The molecule has 1 aliphatic rings. The summed E-state index contributed by atoms with van der Waals surface area (Å²) in [5.41, 5.74) is 0.853. The molecule has 0 aromatic heterocycles. The van der Waals surface area contributed by atoms with Crippen LogP contribution >= 0.6 is 0 Å². The number of halogens is 1. The topological polar surface area (TPSA) is 35.8 Å². The second kappa shape index (κ2) is 3.90. The van der Waals surface area contributed by atoms with Crippen molar-refractivity contribution in [3.8, 4) is 6.07 Å². The molecule has 0 amide bonds. The van der Waals surface area contributed by atoms with Crippen LogP contribution in [0.3, 0.4) is 0 Å². The minimum absolute atomic E-state index is 0.345. The Kier molecular flexibility index (Phi) is 2.59. The predicted octanol–water partition coefficient (Wildman–Crippen LogP) is 2.77. The lowest BCUT2D eigenvalue weighted by molar-refractivity contribution is 0.628. The molecule has 1 aromatic rings. The lowest BCUT2D eigenvalue weighted by atomic mass is 10.2. The number of hydrogen-bond donors (Lipinski definition) is 1. The maximum Gasteiger partial charge on any atom is 0.147 e. The van der Waals surface area contributed by atoms with Crippen molar-refractivity contribution in [3.05, 3.63) is 29.6 Å². The van der Waals surface area contributed by atoms with E-state index in [4.69, 9.17) is 5.26 Å². The number of benzene rings is 1. The van der Waals surface area contributed by atoms with Gasteiger partial charge >= 0.3 is 0 Å². The molecule has 1 saturated carbocycles. The van der Waals surface area contributed by atoms with E-state index in [2.05, 4.69) is 12.2 Å². The number of nitrogens with one attached hydrogen (secondary N) is 1. The van der Waals surface area contributed by atoms with Gasteiger partial charge in [-0.1, -0.05) is 6.92 Å². The Morgan fingerprint density at radius 3 is 2.87 bits per heavy atom. The molecule has 2 unspecified atom stereocenters. The molecule has 1 aromatic carbocycles. The Morgan fingerprint density at radius 1 is 1.60 bits per heavy atom. The van der Waals surface area contributed by atoms with Crippen molar-refractivity contribution in [3.63, 3.8) is 0 Å². The molecule has 1 N–H and O–H groups in total. The lowest BCUT2D eigenvalue weighted by Gasteiger charge is -2.06. The van der Waals surface area contributed by atoms with E-state index in [0.29, 0.717) is 17.2 Å². The normalized spacial score (nSPS) is 23.3. The molecule has 1 aliphatic carbocycles. The number of hydrogen-bond acceptors (Lipinski definition) is 2. The molecular formula is C12H13FN2. The van der Waals surface area contributed by atoms with Gasteiger partial charge in [-0.25, -0.2) is 4.39 Å². The van der Waals surface area contributed by atoms with Crippen LogP contribution in [0.1, 0.15) is 18.9 Å². The summed E-state index contributed by atoms with van der Waals surface area (Å²) in [4.78, 5) is 0. The van der Waals surface area contributed by atoms with Gasteiger partial charge in [-0.15, -0.1) is 0 Å². The van der Waals surface area contributed by atoms with Crippen LogP contribution in [0.25, 0.3) is 0 Å². The summed E-state index contributed by atoms with van der Waals surface area (Å²) >= 11 is 0. The van der Waals surface area contributed by atoms with E-state index in [9.17, 15) is 4.39 Å². The van der Waals surface area contributed by atoms with E-state index in [1.54, 1.807) is 12.1 Å². The van der Waals surface area contributed by atoms with E-state index in [-0.39, 0.29) is 5.82 Å². The van der Waals surface area contributed by atoms with Crippen molar-refractivity contribution in [2.24, 2.45) is 11.8 Å². The highest BCUT2D eigenvalue weighted by atomic mass is 19.1. The van der Waals surface area contributed by atoms with Crippen LogP contribution in [0.5, 0.6) is 0 Å². The first-order valence-corrected chi connectivity index (χ1v) is 5.14. The standard InChI is InChI=1S/C12H13FN2/c1-8-4-10(8)7-15-12-3-2-9(6-14)5-11(12)13/h2-3,5,8,10,15H,4,7H2,1H3. The van der Waals surface area contributed by atoms with E-state index in [0.717, 1.165) is 12.5 Å². The number of rotatable bonds is 3. The van der Waals surface area contributed by atoms with Gasteiger partial charge in [0.05, 0.1) is 17.3 Å². The van der Waals surface area contributed by atoms with E-state index in [1.807, 2.05) is 6.07 Å².